The number of ether oxygens (including phenoxy) is 2. The van der Waals surface area contributed by atoms with Crippen LogP contribution in [0.4, 0.5) is 0 Å². The Morgan fingerprint density at radius 1 is 1.38 bits per heavy atom. The van der Waals surface area contributed by atoms with Crippen molar-refractivity contribution >= 4 is 5.78 Å². The Labute approximate surface area is 79.7 Å². The number of carbonyl (C=O) groups is 1. The molecule has 0 amide bonds. The van der Waals surface area contributed by atoms with Crippen LogP contribution in [0.1, 0.15) is 26.7 Å². The Hall–Kier alpha value is -0.830. The fourth-order valence-corrected chi connectivity index (χ4v) is 0.885. The number of rotatable bonds is 7. The molecule has 0 bridgehead atoms. The van der Waals surface area contributed by atoms with E-state index in [1.807, 2.05) is 13.8 Å². The molecule has 13 heavy (non-hydrogen) atoms. The topological polar surface area (TPSA) is 35.5 Å². The number of Topliss-reactive ketones (excluding diaryl/α,β-unsaturated/α-hetero) is 1. The van der Waals surface area contributed by atoms with Gasteiger partial charge < -0.3 is 9.47 Å². The number of ketones is 1. The van der Waals surface area contributed by atoms with Gasteiger partial charge in [-0.05, 0) is 13.3 Å². The molecule has 0 spiro atoms. The molecule has 0 rings (SSSR count). The SMILES string of the molecule is CCO/C=C(\CC)C(=O)CCOC. The van der Waals surface area contributed by atoms with E-state index in [2.05, 4.69) is 0 Å². The lowest BCUT2D eigenvalue weighted by molar-refractivity contribution is -0.116. The minimum absolute atomic E-state index is 0.109. The van der Waals surface area contributed by atoms with Crippen LogP contribution < -0.4 is 0 Å². The zero-order valence-electron chi connectivity index (χ0n) is 8.63. The van der Waals surface area contributed by atoms with Crippen LogP contribution in [0.3, 0.4) is 0 Å². The molecule has 0 unspecified atom stereocenters. The minimum atomic E-state index is 0.109. The highest BCUT2D eigenvalue weighted by molar-refractivity contribution is 5.95. The Bertz CT molecular complexity index is 173. The maximum Gasteiger partial charge on any atom is 0.164 e. The van der Waals surface area contributed by atoms with Crippen LogP contribution in [-0.2, 0) is 14.3 Å². The van der Waals surface area contributed by atoms with Crippen molar-refractivity contribution in [2.24, 2.45) is 0 Å². The van der Waals surface area contributed by atoms with Crippen LogP contribution in [0.15, 0.2) is 11.8 Å². The second kappa shape index (κ2) is 7.80. The molecule has 0 saturated carbocycles. The van der Waals surface area contributed by atoms with E-state index in [4.69, 9.17) is 9.47 Å². The lowest BCUT2D eigenvalue weighted by Gasteiger charge is -2.03. The summed E-state index contributed by atoms with van der Waals surface area (Å²) in [5, 5.41) is 0. The number of methoxy groups -OCH3 is 1. The molecule has 0 fully saturated rings. The molecule has 0 N–H and O–H groups in total. The molecule has 0 heterocycles. The van der Waals surface area contributed by atoms with Crippen molar-refractivity contribution in [2.45, 2.75) is 26.7 Å². The highest BCUT2D eigenvalue weighted by Gasteiger charge is 2.06. The lowest BCUT2D eigenvalue weighted by atomic mass is 10.1. The van der Waals surface area contributed by atoms with E-state index in [9.17, 15) is 4.79 Å². The summed E-state index contributed by atoms with van der Waals surface area (Å²) in [5.74, 6) is 0.109. The fourth-order valence-electron chi connectivity index (χ4n) is 0.885. The van der Waals surface area contributed by atoms with E-state index >= 15 is 0 Å². The van der Waals surface area contributed by atoms with Gasteiger partial charge >= 0.3 is 0 Å². The standard InChI is InChI=1S/C10H18O3/c1-4-9(8-13-5-2)10(11)6-7-12-3/h8H,4-7H2,1-3H3/b9-8+. The summed E-state index contributed by atoms with van der Waals surface area (Å²) in [4.78, 5) is 11.4. The summed E-state index contributed by atoms with van der Waals surface area (Å²) >= 11 is 0. The summed E-state index contributed by atoms with van der Waals surface area (Å²) in [6.45, 7) is 4.91. The Kier molecular flexibility index (Phi) is 7.30. The Balaban J connectivity index is 3.99. The first kappa shape index (κ1) is 12.2. The van der Waals surface area contributed by atoms with Crippen molar-refractivity contribution in [3.63, 3.8) is 0 Å². The summed E-state index contributed by atoms with van der Waals surface area (Å²) in [6, 6.07) is 0. The number of allylic oxidation sites excluding steroid dienone is 1. The van der Waals surface area contributed by atoms with Gasteiger partial charge in [-0.2, -0.15) is 0 Å². The van der Waals surface area contributed by atoms with Crippen molar-refractivity contribution in [3.8, 4) is 0 Å². The maximum atomic E-state index is 11.4. The van der Waals surface area contributed by atoms with Crippen LogP contribution in [0.2, 0.25) is 0 Å². The van der Waals surface area contributed by atoms with E-state index in [-0.39, 0.29) is 5.78 Å². The lowest BCUT2D eigenvalue weighted by Crippen LogP contribution is -2.06. The second-order valence-electron chi connectivity index (χ2n) is 2.62. The average molecular weight is 186 g/mol. The molecule has 0 aromatic carbocycles. The predicted molar refractivity (Wildman–Crippen MR) is 51.5 cm³/mol. The third-order valence-electron chi connectivity index (χ3n) is 1.66. The Morgan fingerprint density at radius 2 is 2.08 bits per heavy atom. The van der Waals surface area contributed by atoms with Gasteiger partial charge in [0.2, 0.25) is 0 Å². The van der Waals surface area contributed by atoms with Crippen molar-refractivity contribution in [1.29, 1.82) is 0 Å². The van der Waals surface area contributed by atoms with Crippen molar-refractivity contribution < 1.29 is 14.3 Å². The largest absolute Gasteiger partial charge is 0.501 e. The molecule has 0 aliphatic rings. The van der Waals surface area contributed by atoms with E-state index in [1.165, 1.54) is 0 Å². The fraction of sp³-hybridized carbons (Fsp3) is 0.700. The van der Waals surface area contributed by atoms with Gasteiger partial charge in [0.15, 0.2) is 5.78 Å². The smallest absolute Gasteiger partial charge is 0.164 e. The molecule has 0 saturated heterocycles. The molecule has 3 heteroatoms. The Morgan fingerprint density at radius 3 is 2.54 bits per heavy atom. The van der Waals surface area contributed by atoms with Crippen LogP contribution >= 0.6 is 0 Å². The molecule has 0 aliphatic heterocycles. The van der Waals surface area contributed by atoms with E-state index < -0.39 is 0 Å². The number of carbonyl (C=O) groups excluding carboxylic acids is 1. The quantitative estimate of drug-likeness (QED) is 0.450. The highest BCUT2D eigenvalue weighted by atomic mass is 16.5. The van der Waals surface area contributed by atoms with Gasteiger partial charge in [0, 0.05) is 19.1 Å². The molecule has 0 atom stereocenters. The third-order valence-corrected chi connectivity index (χ3v) is 1.66. The van der Waals surface area contributed by atoms with Gasteiger partial charge in [-0.15, -0.1) is 0 Å². The molecule has 3 nitrogen and oxygen atoms in total. The van der Waals surface area contributed by atoms with Crippen molar-refractivity contribution in [3.05, 3.63) is 11.8 Å². The molecular weight excluding hydrogens is 168 g/mol. The minimum Gasteiger partial charge on any atom is -0.501 e. The predicted octanol–water partition coefficient (Wildman–Crippen LogP) is 1.92. The summed E-state index contributed by atoms with van der Waals surface area (Å²) < 4.78 is 9.89. The van der Waals surface area contributed by atoms with Gasteiger partial charge in [0.1, 0.15) is 0 Å². The van der Waals surface area contributed by atoms with E-state index in [0.29, 0.717) is 26.1 Å². The number of hydrogen-bond acceptors (Lipinski definition) is 3. The van der Waals surface area contributed by atoms with E-state index in [0.717, 1.165) is 5.57 Å². The van der Waals surface area contributed by atoms with Gasteiger partial charge in [-0.3, -0.25) is 4.79 Å². The summed E-state index contributed by atoms with van der Waals surface area (Å²) in [5.41, 5.74) is 0.735. The van der Waals surface area contributed by atoms with Gasteiger partial charge in [0.25, 0.3) is 0 Å². The van der Waals surface area contributed by atoms with Crippen molar-refractivity contribution in [2.75, 3.05) is 20.3 Å². The summed E-state index contributed by atoms with van der Waals surface area (Å²) in [7, 11) is 1.59. The third kappa shape index (κ3) is 5.42. The first-order valence-electron chi connectivity index (χ1n) is 4.59. The van der Waals surface area contributed by atoms with Crippen molar-refractivity contribution in [1.82, 2.24) is 0 Å². The monoisotopic (exact) mass is 186 g/mol. The molecule has 0 aromatic heterocycles. The average Bonchev–Trinajstić information content (AvgIpc) is 2.16. The normalized spacial score (nSPS) is 11.5. The van der Waals surface area contributed by atoms with Gasteiger partial charge in [0.05, 0.1) is 19.5 Å². The van der Waals surface area contributed by atoms with Crippen LogP contribution in [0.5, 0.6) is 0 Å². The van der Waals surface area contributed by atoms with Crippen LogP contribution in [-0.4, -0.2) is 26.1 Å². The molecule has 0 aliphatic carbocycles. The maximum absolute atomic E-state index is 11.4. The van der Waals surface area contributed by atoms with E-state index in [1.54, 1.807) is 13.4 Å². The zero-order valence-corrected chi connectivity index (χ0v) is 8.63. The van der Waals surface area contributed by atoms with Gasteiger partial charge in [-0.25, -0.2) is 0 Å². The molecule has 0 radical (unpaired) electrons. The number of hydrogen-bond donors (Lipinski definition) is 0. The highest BCUT2D eigenvalue weighted by Crippen LogP contribution is 2.05. The first-order valence-corrected chi connectivity index (χ1v) is 4.59. The van der Waals surface area contributed by atoms with Gasteiger partial charge in [-0.1, -0.05) is 6.92 Å². The molecular formula is C10H18O3. The zero-order chi connectivity index (χ0) is 10.1. The van der Waals surface area contributed by atoms with Crippen LogP contribution in [0.25, 0.3) is 0 Å². The molecule has 76 valence electrons. The molecule has 0 aromatic rings. The summed E-state index contributed by atoms with van der Waals surface area (Å²) in [6.07, 6.45) is 2.70. The first-order chi connectivity index (χ1) is 6.26. The van der Waals surface area contributed by atoms with Crippen LogP contribution in [0, 0.1) is 0 Å². The second-order valence-corrected chi connectivity index (χ2v) is 2.62.